The summed E-state index contributed by atoms with van der Waals surface area (Å²) < 4.78 is 47.0. The Labute approximate surface area is 189 Å². The number of likely N-dealkylation sites (N-methyl/N-ethyl adjacent to an activating group) is 1. The van der Waals surface area contributed by atoms with Crippen LogP contribution in [0.3, 0.4) is 0 Å². The maximum absolute atomic E-state index is 12.5. The lowest BCUT2D eigenvalue weighted by Gasteiger charge is -2.24. The molecule has 6 nitrogen and oxygen atoms in total. The third-order valence-electron chi connectivity index (χ3n) is 4.77. The number of alkyl halides is 3. The van der Waals surface area contributed by atoms with Gasteiger partial charge in [-0.25, -0.2) is 0 Å². The van der Waals surface area contributed by atoms with Crippen molar-refractivity contribution in [1.29, 1.82) is 0 Å². The van der Waals surface area contributed by atoms with Crippen molar-refractivity contribution in [3.8, 4) is 34.7 Å². The molecule has 33 heavy (non-hydrogen) atoms. The van der Waals surface area contributed by atoms with Gasteiger partial charge in [0.05, 0.1) is 6.61 Å². The van der Waals surface area contributed by atoms with Crippen molar-refractivity contribution in [2.45, 2.75) is 32.9 Å². The van der Waals surface area contributed by atoms with Crippen LogP contribution in [0.5, 0.6) is 11.5 Å². The Morgan fingerprint density at radius 2 is 1.94 bits per heavy atom. The Balaban J connectivity index is 2.69. The van der Waals surface area contributed by atoms with Gasteiger partial charge in [-0.3, -0.25) is 4.79 Å². The van der Waals surface area contributed by atoms with Crippen LogP contribution >= 0.6 is 0 Å². The van der Waals surface area contributed by atoms with Crippen molar-refractivity contribution in [1.82, 2.24) is 4.90 Å². The van der Waals surface area contributed by atoms with Gasteiger partial charge in [-0.15, -0.1) is 13.2 Å². The van der Waals surface area contributed by atoms with Gasteiger partial charge in [0.2, 0.25) is 5.91 Å². The van der Waals surface area contributed by atoms with Crippen LogP contribution in [0, 0.1) is 19.0 Å². The number of carbonyl (C=O) groups excluding carboxylic acids is 1. The van der Waals surface area contributed by atoms with E-state index in [1.807, 2.05) is 0 Å². The molecule has 2 N–H and O–H groups in total. The molecule has 2 rings (SSSR count). The van der Waals surface area contributed by atoms with Gasteiger partial charge in [-0.2, -0.15) is 0 Å². The van der Waals surface area contributed by atoms with E-state index in [0.717, 1.165) is 6.08 Å². The molecule has 2 aromatic rings. The third kappa shape index (κ3) is 6.51. The first kappa shape index (κ1) is 25.8. The standard InChI is InChI=1S/C24H24F3NO5/c1-5-11-32-23-15(3)19(16-7-9-18(10-8-16)33-24(25,26)27)12-17(22(23)20(30)14-29)13-28(4)21(31)6-2/h6-10,12,20,29-30H,2,13-14H2,1,3-4H3. The lowest BCUT2D eigenvalue weighted by Crippen LogP contribution is -2.25. The van der Waals surface area contributed by atoms with Crippen molar-refractivity contribution in [2.24, 2.45) is 0 Å². The molecule has 9 heteroatoms. The van der Waals surface area contributed by atoms with Gasteiger partial charge in [0.25, 0.3) is 0 Å². The number of amides is 1. The summed E-state index contributed by atoms with van der Waals surface area (Å²) in [7, 11) is 1.54. The van der Waals surface area contributed by atoms with E-state index in [1.165, 1.54) is 36.2 Å². The minimum Gasteiger partial charge on any atom is -0.407 e. The largest absolute Gasteiger partial charge is 0.573 e. The van der Waals surface area contributed by atoms with Gasteiger partial charge in [0, 0.05) is 31.6 Å². The van der Waals surface area contributed by atoms with E-state index in [4.69, 9.17) is 4.74 Å². The number of hydrogen-bond donors (Lipinski definition) is 2. The Hall–Kier alpha value is -3.48. The molecular formula is C24H24F3NO5. The van der Waals surface area contributed by atoms with Crippen molar-refractivity contribution in [3.05, 3.63) is 59.7 Å². The van der Waals surface area contributed by atoms with Crippen molar-refractivity contribution < 1.29 is 37.7 Å². The Morgan fingerprint density at radius 1 is 1.30 bits per heavy atom. The molecule has 0 fully saturated rings. The van der Waals surface area contributed by atoms with Gasteiger partial charge in [0.1, 0.15) is 23.7 Å². The summed E-state index contributed by atoms with van der Waals surface area (Å²) >= 11 is 0. The van der Waals surface area contributed by atoms with E-state index in [9.17, 15) is 28.2 Å². The summed E-state index contributed by atoms with van der Waals surface area (Å²) in [5.41, 5.74) is 2.36. The second-order valence-electron chi connectivity index (χ2n) is 7.07. The molecule has 1 atom stereocenters. The fraction of sp³-hybridized carbons (Fsp3) is 0.292. The minimum atomic E-state index is -4.81. The number of nitrogens with zero attached hydrogens (tertiary/aromatic N) is 1. The minimum absolute atomic E-state index is 0.0374. The lowest BCUT2D eigenvalue weighted by atomic mass is 9.90. The molecule has 176 valence electrons. The summed E-state index contributed by atoms with van der Waals surface area (Å²) in [5.74, 6) is 2.03. The van der Waals surface area contributed by atoms with E-state index < -0.39 is 19.1 Å². The zero-order valence-electron chi connectivity index (χ0n) is 18.4. The molecular weight excluding hydrogens is 439 g/mol. The highest BCUT2D eigenvalue weighted by molar-refractivity contribution is 5.86. The predicted octanol–water partition coefficient (Wildman–Crippen LogP) is 4.09. The zero-order chi connectivity index (χ0) is 24.8. The first-order chi connectivity index (χ1) is 15.5. The summed E-state index contributed by atoms with van der Waals surface area (Å²) in [5, 5.41) is 20.1. The highest BCUT2D eigenvalue weighted by atomic mass is 19.4. The average molecular weight is 463 g/mol. The van der Waals surface area contributed by atoms with Crippen LogP contribution < -0.4 is 9.47 Å². The van der Waals surface area contributed by atoms with Crippen LogP contribution in [0.15, 0.2) is 43.0 Å². The lowest BCUT2D eigenvalue weighted by molar-refractivity contribution is -0.274. The molecule has 0 saturated heterocycles. The maximum Gasteiger partial charge on any atom is 0.573 e. The smallest absolute Gasteiger partial charge is 0.407 e. The summed E-state index contributed by atoms with van der Waals surface area (Å²) in [6, 6.07) is 6.94. The van der Waals surface area contributed by atoms with E-state index in [2.05, 4.69) is 23.3 Å². The third-order valence-corrected chi connectivity index (χ3v) is 4.77. The number of aliphatic hydroxyl groups excluding tert-OH is 2. The van der Waals surface area contributed by atoms with Gasteiger partial charge < -0.3 is 24.6 Å². The molecule has 0 aliphatic carbocycles. The van der Waals surface area contributed by atoms with Crippen LogP contribution in [0.2, 0.25) is 0 Å². The molecule has 1 amide bonds. The van der Waals surface area contributed by atoms with Crippen LogP contribution in [0.25, 0.3) is 11.1 Å². The average Bonchev–Trinajstić information content (AvgIpc) is 2.77. The second-order valence-corrected chi connectivity index (χ2v) is 7.07. The molecule has 0 saturated carbocycles. The fourth-order valence-corrected chi connectivity index (χ4v) is 3.28. The highest BCUT2D eigenvalue weighted by Crippen LogP contribution is 2.40. The van der Waals surface area contributed by atoms with Gasteiger partial charge in [-0.1, -0.05) is 24.6 Å². The number of benzene rings is 2. The molecule has 2 aromatic carbocycles. The highest BCUT2D eigenvalue weighted by Gasteiger charge is 2.31. The molecule has 0 aromatic heterocycles. The van der Waals surface area contributed by atoms with Crippen molar-refractivity contribution >= 4 is 5.91 Å². The SMILES string of the molecule is C=CC(=O)N(C)Cc1cc(-c2ccc(OC(F)(F)F)cc2)c(C)c(OC#CC)c1C(O)CO. The fourth-order valence-electron chi connectivity index (χ4n) is 3.28. The Bertz CT molecular complexity index is 1070. The molecule has 0 heterocycles. The molecule has 0 aliphatic rings. The van der Waals surface area contributed by atoms with E-state index in [-0.39, 0.29) is 29.5 Å². The predicted molar refractivity (Wildman–Crippen MR) is 116 cm³/mol. The summed E-state index contributed by atoms with van der Waals surface area (Å²) in [6.07, 6.45) is -2.53. The first-order valence-electron chi connectivity index (χ1n) is 9.80. The zero-order valence-corrected chi connectivity index (χ0v) is 18.4. The Kier molecular flexibility index (Phi) is 8.51. The monoisotopic (exact) mass is 463 g/mol. The van der Waals surface area contributed by atoms with Crippen LogP contribution in [0.4, 0.5) is 13.2 Å². The molecule has 0 aliphatic heterocycles. The van der Waals surface area contributed by atoms with E-state index in [1.54, 1.807) is 19.9 Å². The normalized spacial score (nSPS) is 11.8. The number of carbonyl (C=O) groups is 1. The summed E-state index contributed by atoms with van der Waals surface area (Å²) in [4.78, 5) is 13.4. The van der Waals surface area contributed by atoms with Crippen LogP contribution in [0.1, 0.15) is 29.7 Å². The topological polar surface area (TPSA) is 79.2 Å². The van der Waals surface area contributed by atoms with Gasteiger partial charge >= 0.3 is 6.36 Å². The Morgan fingerprint density at radius 3 is 2.45 bits per heavy atom. The number of halogens is 3. The molecule has 0 bridgehead atoms. The van der Waals surface area contributed by atoms with Crippen molar-refractivity contribution in [2.75, 3.05) is 13.7 Å². The first-order valence-corrected chi connectivity index (χ1v) is 9.80. The molecule has 0 spiro atoms. The number of hydrogen-bond acceptors (Lipinski definition) is 5. The number of aliphatic hydroxyl groups is 2. The summed E-state index contributed by atoms with van der Waals surface area (Å²) in [6.45, 7) is 6.13. The van der Waals surface area contributed by atoms with E-state index in [0.29, 0.717) is 22.3 Å². The van der Waals surface area contributed by atoms with E-state index >= 15 is 0 Å². The van der Waals surface area contributed by atoms with Crippen molar-refractivity contribution in [3.63, 3.8) is 0 Å². The quantitative estimate of drug-likeness (QED) is 0.456. The van der Waals surface area contributed by atoms with Crippen LogP contribution in [-0.2, 0) is 11.3 Å². The molecule has 1 unspecified atom stereocenters. The number of rotatable bonds is 8. The van der Waals surface area contributed by atoms with Crippen LogP contribution in [-0.4, -0.2) is 41.0 Å². The molecule has 0 radical (unpaired) electrons. The number of ether oxygens (including phenoxy) is 2. The van der Waals surface area contributed by atoms with Gasteiger partial charge in [-0.05, 0) is 47.9 Å². The second kappa shape index (κ2) is 10.9. The van der Waals surface area contributed by atoms with Gasteiger partial charge in [0.15, 0.2) is 0 Å². The maximum atomic E-state index is 12.5.